The highest BCUT2D eigenvalue weighted by molar-refractivity contribution is 7.98. The smallest absolute Gasteiger partial charge is 0.341 e. The molecule has 7 nitrogen and oxygen atoms in total. The number of nitrogens with zero attached hydrogens (tertiary/aromatic N) is 3. The molecule has 118 valence electrons. The van der Waals surface area contributed by atoms with Crippen molar-refractivity contribution in [2.75, 3.05) is 33.4 Å². The monoisotopic (exact) mass is 330 g/mol. The molecule has 1 heterocycles. The lowest BCUT2D eigenvalue weighted by molar-refractivity contribution is 0.256. The predicted octanol–water partition coefficient (Wildman–Crippen LogP) is 0.682. The van der Waals surface area contributed by atoms with E-state index in [2.05, 4.69) is 30.9 Å². The van der Waals surface area contributed by atoms with E-state index in [9.17, 15) is 4.79 Å². The van der Waals surface area contributed by atoms with E-state index in [1.165, 1.54) is 0 Å². The number of carbonyl (C=O) groups excluding carboxylic acids is 1. The van der Waals surface area contributed by atoms with E-state index in [4.69, 9.17) is 5.73 Å². The molecule has 0 aliphatic carbocycles. The van der Waals surface area contributed by atoms with Gasteiger partial charge in [-0.1, -0.05) is 0 Å². The Bertz CT molecular complexity index is 474. The van der Waals surface area contributed by atoms with Gasteiger partial charge in [0.25, 0.3) is 0 Å². The maximum Gasteiger partial charge on any atom is 0.341 e. The number of hydrogen-bond donors (Lipinski definition) is 3. The summed E-state index contributed by atoms with van der Waals surface area (Å²) in [6, 6.07) is -0.713. The number of carbonyl (C=O) groups is 1. The highest BCUT2D eigenvalue weighted by Crippen LogP contribution is 2.16. The molecule has 0 spiro atoms. The van der Waals surface area contributed by atoms with Crippen molar-refractivity contribution >= 4 is 35.1 Å². The van der Waals surface area contributed by atoms with Gasteiger partial charge in [-0.2, -0.15) is 16.8 Å². The molecule has 0 radical (unpaired) electrons. The molecular weight excluding hydrogens is 308 g/mol. The minimum atomic E-state index is -0.713. The normalized spacial score (nSPS) is 11.7. The summed E-state index contributed by atoms with van der Waals surface area (Å²) in [4.78, 5) is 20.9. The number of aromatic nitrogens is 1. The van der Waals surface area contributed by atoms with Crippen LogP contribution in [0, 0.1) is 0 Å². The molecule has 1 aromatic heterocycles. The van der Waals surface area contributed by atoms with Gasteiger partial charge in [0.15, 0.2) is 0 Å². The van der Waals surface area contributed by atoms with Crippen molar-refractivity contribution in [1.82, 2.24) is 20.5 Å². The van der Waals surface area contributed by atoms with Crippen LogP contribution in [0.1, 0.15) is 10.7 Å². The van der Waals surface area contributed by atoms with Crippen LogP contribution in [0.2, 0.25) is 0 Å². The van der Waals surface area contributed by atoms with Gasteiger partial charge in [0.05, 0.1) is 5.69 Å². The van der Waals surface area contributed by atoms with Crippen molar-refractivity contribution in [3.8, 4) is 0 Å². The minimum absolute atomic E-state index is 0.394. The Kier molecular flexibility index (Phi) is 8.09. The Balaban J connectivity index is 2.22. The van der Waals surface area contributed by atoms with Crippen LogP contribution in [0.4, 0.5) is 4.79 Å². The van der Waals surface area contributed by atoms with Gasteiger partial charge < -0.3 is 21.3 Å². The van der Waals surface area contributed by atoms with Crippen molar-refractivity contribution in [2.45, 2.75) is 12.3 Å². The first-order valence-corrected chi connectivity index (χ1v) is 8.50. The molecule has 0 aliphatic rings. The number of thioether (sulfide) groups is 1. The molecule has 9 heteroatoms. The lowest BCUT2D eigenvalue weighted by Crippen LogP contribution is -2.37. The fraction of sp³-hybridized carbons (Fsp3) is 0.583. The highest BCUT2D eigenvalue weighted by atomic mass is 32.2. The van der Waals surface area contributed by atoms with Crippen molar-refractivity contribution < 1.29 is 4.79 Å². The third kappa shape index (κ3) is 7.88. The summed E-state index contributed by atoms with van der Waals surface area (Å²) >= 11 is 3.47. The molecule has 0 aromatic carbocycles. The first-order valence-electron chi connectivity index (χ1n) is 6.46. The van der Waals surface area contributed by atoms with E-state index in [1.807, 2.05) is 14.1 Å². The zero-order chi connectivity index (χ0) is 15.7. The van der Waals surface area contributed by atoms with Gasteiger partial charge in [-0.3, -0.25) is 0 Å². The van der Waals surface area contributed by atoms with Crippen LogP contribution >= 0.6 is 23.1 Å². The maximum atomic E-state index is 10.7. The summed E-state index contributed by atoms with van der Waals surface area (Å²) in [5, 5.41) is 9.03. The SMILES string of the molecule is CNC(=NC(N)=O)NCCSCc1csc(CN(C)C)n1. The van der Waals surface area contributed by atoms with Gasteiger partial charge in [0, 0.05) is 37.0 Å². The van der Waals surface area contributed by atoms with Crippen LogP contribution in [0.5, 0.6) is 0 Å². The van der Waals surface area contributed by atoms with Crippen LogP contribution in [-0.4, -0.2) is 55.3 Å². The third-order valence-corrected chi connectivity index (χ3v) is 4.17. The number of nitrogens with two attached hydrogens (primary N) is 1. The van der Waals surface area contributed by atoms with Crippen LogP contribution in [0.15, 0.2) is 10.4 Å². The zero-order valence-corrected chi connectivity index (χ0v) is 14.2. The Morgan fingerprint density at radius 2 is 2.33 bits per heavy atom. The van der Waals surface area contributed by atoms with E-state index in [0.29, 0.717) is 12.5 Å². The molecule has 0 atom stereocenters. The predicted molar refractivity (Wildman–Crippen MR) is 89.7 cm³/mol. The first kappa shape index (κ1) is 17.7. The number of hydrogen-bond acceptors (Lipinski definition) is 5. The lowest BCUT2D eigenvalue weighted by Gasteiger charge is -2.07. The number of aliphatic imine (C=N–C) groups is 1. The Morgan fingerprint density at radius 1 is 1.57 bits per heavy atom. The van der Waals surface area contributed by atoms with E-state index in [0.717, 1.165) is 28.8 Å². The Hall–Kier alpha value is -1.32. The molecule has 0 saturated heterocycles. The second-order valence-electron chi connectivity index (χ2n) is 4.50. The molecule has 21 heavy (non-hydrogen) atoms. The lowest BCUT2D eigenvalue weighted by atomic mass is 10.5. The van der Waals surface area contributed by atoms with Crippen LogP contribution < -0.4 is 16.4 Å². The summed E-state index contributed by atoms with van der Waals surface area (Å²) in [5.74, 6) is 2.16. The quantitative estimate of drug-likeness (QED) is 0.387. The van der Waals surface area contributed by atoms with E-state index in [1.54, 1.807) is 30.1 Å². The van der Waals surface area contributed by atoms with E-state index < -0.39 is 6.03 Å². The standard InChI is InChI=1S/C12H22N6OS2/c1-14-12(17-11(13)19)15-4-5-20-7-9-8-21-10(16-9)6-18(2)3/h8H,4-7H2,1-3H3,(H4,13,14,15,17,19). The third-order valence-electron chi connectivity index (χ3n) is 2.30. The number of urea groups is 1. The zero-order valence-electron chi connectivity index (χ0n) is 12.5. The van der Waals surface area contributed by atoms with Crippen molar-refractivity contribution in [3.05, 3.63) is 16.1 Å². The number of guanidine groups is 1. The number of thiazole rings is 1. The molecular formula is C12H22N6OS2. The van der Waals surface area contributed by atoms with Gasteiger partial charge in [-0.05, 0) is 14.1 Å². The molecule has 0 bridgehead atoms. The fourth-order valence-corrected chi connectivity index (χ4v) is 3.23. The van der Waals surface area contributed by atoms with Crippen LogP contribution in [-0.2, 0) is 12.3 Å². The average molecular weight is 330 g/mol. The summed E-state index contributed by atoms with van der Waals surface area (Å²) < 4.78 is 0. The molecule has 4 N–H and O–H groups in total. The topological polar surface area (TPSA) is 95.6 Å². The Morgan fingerprint density at radius 3 is 2.95 bits per heavy atom. The van der Waals surface area contributed by atoms with E-state index >= 15 is 0 Å². The van der Waals surface area contributed by atoms with Gasteiger partial charge in [0.2, 0.25) is 5.96 Å². The van der Waals surface area contributed by atoms with Gasteiger partial charge in [-0.25, -0.2) is 9.78 Å². The average Bonchev–Trinajstić information content (AvgIpc) is 2.83. The van der Waals surface area contributed by atoms with Gasteiger partial charge >= 0.3 is 6.03 Å². The molecule has 0 saturated carbocycles. The fourth-order valence-electron chi connectivity index (χ4n) is 1.47. The number of amides is 2. The highest BCUT2D eigenvalue weighted by Gasteiger charge is 2.03. The van der Waals surface area contributed by atoms with Gasteiger partial charge in [0.1, 0.15) is 5.01 Å². The summed E-state index contributed by atoms with van der Waals surface area (Å²) in [6.45, 7) is 1.58. The first-order chi connectivity index (χ1) is 10.0. The van der Waals surface area contributed by atoms with Crippen molar-refractivity contribution in [1.29, 1.82) is 0 Å². The minimum Gasteiger partial charge on any atom is -0.359 e. The number of nitrogens with one attached hydrogen (secondary N) is 2. The molecule has 0 fully saturated rings. The molecule has 0 aliphatic heterocycles. The second kappa shape index (κ2) is 9.59. The molecule has 0 unspecified atom stereocenters. The van der Waals surface area contributed by atoms with Crippen LogP contribution in [0.3, 0.4) is 0 Å². The second-order valence-corrected chi connectivity index (χ2v) is 6.55. The maximum absolute atomic E-state index is 10.7. The summed E-state index contributed by atoms with van der Waals surface area (Å²) in [5.41, 5.74) is 6.10. The van der Waals surface area contributed by atoms with Crippen molar-refractivity contribution in [2.24, 2.45) is 10.7 Å². The van der Waals surface area contributed by atoms with Crippen LogP contribution in [0.25, 0.3) is 0 Å². The molecule has 1 aromatic rings. The Labute approximate surface area is 133 Å². The van der Waals surface area contributed by atoms with Gasteiger partial charge in [-0.15, -0.1) is 11.3 Å². The molecule has 2 amide bonds. The summed E-state index contributed by atoms with van der Waals surface area (Å²) in [6.07, 6.45) is 0. The molecule has 1 rings (SSSR count). The summed E-state index contributed by atoms with van der Waals surface area (Å²) in [7, 11) is 5.76. The number of primary amides is 1. The number of rotatable bonds is 7. The van der Waals surface area contributed by atoms with Crippen molar-refractivity contribution in [3.63, 3.8) is 0 Å². The van der Waals surface area contributed by atoms with E-state index in [-0.39, 0.29) is 0 Å². The largest absolute Gasteiger partial charge is 0.359 e.